The first-order valence-electron chi connectivity index (χ1n) is 7.64. The normalized spacial score (nSPS) is 20.1. The highest BCUT2D eigenvalue weighted by molar-refractivity contribution is 5.36. The average Bonchev–Trinajstić information content (AvgIpc) is 2.86. The molecule has 0 aromatic carbocycles. The van der Waals surface area contributed by atoms with E-state index in [0.717, 1.165) is 12.4 Å². The van der Waals surface area contributed by atoms with Crippen molar-refractivity contribution in [1.29, 1.82) is 0 Å². The standard InChI is InChI=1S/C16H27N3/c1-4-9-19-10-5-6-15(19)14-7-8-16(18-12-14)17-11-13(2)3/h7-8,12-13,15H,4-6,9-11H2,1-3H3,(H,17,18)/t15-/m0/s1. The van der Waals surface area contributed by atoms with E-state index in [1.165, 1.54) is 37.9 Å². The van der Waals surface area contributed by atoms with Crippen molar-refractivity contribution < 1.29 is 0 Å². The quantitative estimate of drug-likeness (QED) is 0.846. The fourth-order valence-corrected chi connectivity index (χ4v) is 2.77. The van der Waals surface area contributed by atoms with Gasteiger partial charge in [-0.1, -0.05) is 26.8 Å². The van der Waals surface area contributed by atoms with Gasteiger partial charge in [0.15, 0.2) is 0 Å². The molecule has 1 aliphatic heterocycles. The van der Waals surface area contributed by atoms with Gasteiger partial charge in [-0.25, -0.2) is 4.98 Å². The first-order valence-corrected chi connectivity index (χ1v) is 7.64. The number of pyridine rings is 1. The lowest BCUT2D eigenvalue weighted by molar-refractivity contribution is 0.257. The molecule has 2 heterocycles. The van der Waals surface area contributed by atoms with E-state index in [4.69, 9.17) is 0 Å². The predicted octanol–water partition coefficient (Wildman–Crippen LogP) is 3.70. The number of aromatic nitrogens is 1. The number of hydrogen-bond donors (Lipinski definition) is 1. The molecular weight excluding hydrogens is 234 g/mol. The number of likely N-dealkylation sites (tertiary alicyclic amines) is 1. The van der Waals surface area contributed by atoms with Crippen LogP contribution in [0, 0.1) is 5.92 Å². The van der Waals surface area contributed by atoms with Crippen molar-refractivity contribution in [2.75, 3.05) is 25.0 Å². The van der Waals surface area contributed by atoms with E-state index >= 15 is 0 Å². The number of hydrogen-bond acceptors (Lipinski definition) is 3. The lowest BCUT2D eigenvalue weighted by Gasteiger charge is -2.24. The maximum atomic E-state index is 4.55. The Bertz CT molecular complexity index is 372. The SMILES string of the molecule is CCCN1CCC[C@H]1c1ccc(NCC(C)C)nc1. The summed E-state index contributed by atoms with van der Waals surface area (Å²) in [5, 5.41) is 3.37. The van der Waals surface area contributed by atoms with E-state index in [1.54, 1.807) is 0 Å². The van der Waals surface area contributed by atoms with Crippen molar-refractivity contribution in [3.8, 4) is 0 Å². The molecule has 1 atom stereocenters. The van der Waals surface area contributed by atoms with Gasteiger partial charge in [-0.05, 0) is 49.9 Å². The second kappa shape index (κ2) is 6.90. The molecule has 1 aromatic rings. The van der Waals surface area contributed by atoms with Crippen LogP contribution in [0.5, 0.6) is 0 Å². The fourth-order valence-electron chi connectivity index (χ4n) is 2.77. The minimum atomic E-state index is 0.589. The smallest absolute Gasteiger partial charge is 0.125 e. The number of rotatable bonds is 6. The van der Waals surface area contributed by atoms with E-state index in [0.29, 0.717) is 12.0 Å². The van der Waals surface area contributed by atoms with Gasteiger partial charge in [0.25, 0.3) is 0 Å². The first-order chi connectivity index (χ1) is 9.20. The van der Waals surface area contributed by atoms with E-state index in [-0.39, 0.29) is 0 Å². The lowest BCUT2D eigenvalue weighted by Crippen LogP contribution is -2.24. The van der Waals surface area contributed by atoms with Crippen molar-refractivity contribution in [2.24, 2.45) is 5.92 Å². The maximum absolute atomic E-state index is 4.55. The van der Waals surface area contributed by atoms with Crippen LogP contribution in [0.15, 0.2) is 18.3 Å². The molecule has 0 bridgehead atoms. The number of nitrogens with one attached hydrogen (secondary N) is 1. The molecule has 3 heteroatoms. The number of nitrogens with zero attached hydrogens (tertiary/aromatic N) is 2. The van der Waals surface area contributed by atoms with E-state index in [1.807, 2.05) is 0 Å². The summed E-state index contributed by atoms with van der Waals surface area (Å²) in [4.78, 5) is 7.15. The minimum Gasteiger partial charge on any atom is -0.370 e. The van der Waals surface area contributed by atoms with Crippen molar-refractivity contribution in [2.45, 2.75) is 46.1 Å². The van der Waals surface area contributed by atoms with Crippen molar-refractivity contribution in [3.63, 3.8) is 0 Å². The maximum Gasteiger partial charge on any atom is 0.125 e. The topological polar surface area (TPSA) is 28.2 Å². The summed E-state index contributed by atoms with van der Waals surface area (Å²) in [6.45, 7) is 10.1. The third-order valence-corrected chi connectivity index (χ3v) is 3.74. The molecule has 1 aromatic heterocycles. The summed E-state index contributed by atoms with van der Waals surface area (Å²) >= 11 is 0. The molecule has 0 amide bonds. The zero-order chi connectivity index (χ0) is 13.7. The summed E-state index contributed by atoms with van der Waals surface area (Å²) in [7, 11) is 0. The second-order valence-corrected chi connectivity index (χ2v) is 5.95. The van der Waals surface area contributed by atoms with Crippen LogP contribution in [0.25, 0.3) is 0 Å². The Hall–Kier alpha value is -1.09. The van der Waals surface area contributed by atoms with Crippen molar-refractivity contribution >= 4 is 5.82 Å². The second-order valence-electron chi connectivity index (χ2n) is 5.95. The Labute approximate surface area is 117 Å². The molecule has 19 heavy (non-hydrogen) atoms. The Morgan fingerprint density at radius 3 is 2.89 bits per heavy atom. The Balaban J connectivity index is 1.97. The van der Waals surface area contributed by atoms with Crippen LogP contribution >= 0.6 is 0 Å². The van der Waals surface area contributed by atoms with Gasteiger partial charge in [0.1, 0.15) is 5.82 Å². The van der Waals surface area contributed by atoms with Crippen LogP contribution in [0.1, 0.15) is 51.6 Å². The van der Waals surface area contributed by atoms with E-state index in [2.05, 4.69) is 54.3 Å². The van der Waals surface area contributed by atoms with Gasteiger partial charge in [0.05, 0.1) is 0 Å². The largest absolute Gasteiger partial charge is 0.370 e. The summed E-state index contributed by atoms with van der Waals surface area (Å²) in [5.74, 6) is 1.65. The Morgan fingerprint density at radius 2 is 2.26 bits per heavy atom. The minimum absolute atomic E-state index is 0.589. The van der Waals surface area contributed by atoms with Crippen LogP contribution in [-0.4, -0.2) is 29.5 Å². The van der Waals surface area contributed by atoms with Crippen molar-refractivity contribution in [1.82, 2.24) is 9.88 Å². The molecule has 0 aliphatic carbocycles. The Morgan fingerprint density at radius 1 is 1.42 bits per heavy atom. The third-order valence-electron chi connectivity index (χ3n) is 3.74. The monoisotopic (exact) mass is 261 g/mol. The van der Waals surface area contributed by atoms with Gasteiger partial charge in [-0.3, -0.25) is 4.90 Å². The Kier molecular flexibility index (Phi) is 5.20. The summed E-state index contributed by atoms with van der Waals surface area (Å²) in [5.41, 5.74) is 1.38. The highest BCUT2D eigenvalue weighted by atomic mass is 15.2. The molecule has 3 nitrogen and oxygen atoms in total. The lowest BCUT2D eigenvalue weighted by atomic mass is 10.1. The molecule has 1 saturated heterocycles. The van der Waals surface area contributed by atoms with E-state index < -0.39 is 0 Å². The summed E-state index contributed by atoms with van der Waals surface area (Å²) in [6.07, 6.45) is 5.89. The van der Waals surface area contributed by atoms with Crippen LogP contribution in [-0.2, 0) is 0 Å². The van der Waals surface area contributed by atoms with Crippen LogP contribution in [0.2, 0.25) is 0 Å². The molecule has 0 radical (unpaired) electrons. The highest BCUT2D eigenvalue weighted by Gasteiger charge is 2.25. The van der Waals surface area contributed by atoms with Crippen LogP contribution in [0.4, 0.5) is 5.82 Å². The van der Waals surface area contributed by atoms with Crippen molar-refractivity contribution in [3.05, 3.63) is 23.9 Å². The molecule has 2 rings (SSSR count). The fraction of sp³-hybridized carbons (Fsp3) is 0.688. The molecule has 0 spiro atoms. The number of anilines is 1. The van der Waals surface area contributed by atoms with Crippen LogP contribution in [0.3, 0.4) is 0 Å². The third kappa shape index (κ3) is 3.93. The molecule has 106 valence electrons. The highest BCUT2D eigenvalue weighted by Crippen LogP contribution is 2.31. The zero-order valence-corrected chi connectivity index (χ0v) is 12.5. The van der Waals surface area contributed by atoms with E-state index in [9.17, 15) is 0 Å². The summed E-state index contributed by atoms with van der Waals surface area (Å²) < 4.78 is 0. The van der Waals surface area contributed by atoms with Gasteiger partial charge in [-0.15, -0.1) is 0 Å². The van der Waals surface area contributed by atoms with Gasteiger partial charge >= 0.3 is 0 Å². The van der Waals surface area contributed by atoms with Crippen LogP contribution < -0.4 is 5.32 Å². The molecule has 0 unspecified atom stereocenters. The zero-order valence-electron chi connectivity index (χ0n) is 12.5. The van der Waals surface area contributed by atoms with Gasteiger partial charge in [-0.2, -0.15) is 0 Å². The molecule has 1 aliphatic rings. The predicted molar refractivity (Wildman–Crippen MR) is 81.4 cm³/mol. The molecule has 1 N–H and O–H groups in total. The molecule has 0 saturated carbocycles. The first kappa shape index (κ1) is 14.3. The molecule has 1 fully saturated rings. The average molecular weight is 261 g/mol. The van der Waals surface area contributed by atoms with Gasteiger partial charge in [0.2, 0.25) is 0 Å². The van der Waals surface area contributed by atoms with Gasteiger partial charge < -0.3 is 5.32 Å². The summed E-state index contributed by atoms with van der Waals surface area (Å²) in [6, 6.07) is 4.96. The van der Waals surface area contributed by atoms with Gasteiger partial charge in [0, 0.05) is 18.8 Å². The molecular formula is C16H27N3.